The smallest absolute Gasteiger partial charge is 0.149 e. The molecule has 182 valence electrons. The minimum atomic E-state index is -0.121. The number of fused-ring (bicyclic) bond motifs is 1. The number of hydrogen-bond acceptors (Lipinski definition) is 7. The van der Waals surface area contributed by atoms with Gasteiger partial charge in [-0.15, -0.1) is 0 Å². The minimum Gasteiger partial charge on any atom is -0.380 e. The summed E-state index contributed by atoms with van der Waals surface area (Å²) < 4.78 is 0. The lowest BCUT2D eigenvalue weighted by molar-refractivity contribution is 0.348. The highest BCUT2D eigenvalue weighted by atomic mass is 15.5. The number of likely N-dealkylation sites (N-methyl/N-ethyl adjacent to an activating group) is 1. The van der Waals surface area contributed by atoms with E-state index in [1.807, 2.05) is 37.6 Å². The third kappa shape index (κ3) is 5.00. The Morgan fingerprint density at radius 3 is 2.66 bits per heavy atom. The van der Waals surface area contributed by atoms with E-state index in [1.54, 1.807) is 0 Å². The van der Waals surface area contributed by atoms with E-state index in [4.69, 9.17) is 4.98 Å². The fourth-order valence-electron chi connectivity index (χ4n) is 4.97. The molecule has 7 heteroatoms. The number of aryl methyl sites for hydroxylation is 1. The van der Waals surface area contributed by atoms with Crippen molar-refractivity contribution in [1.82, 2.24) is 20.3 Å². The molecule has 0 fully saturated rings. The molecule has 0 aliphatic carbocycles. The number of pyridine rings is 2. The quantitative estimate of drug-likeness (QED) is 0.479. The Balaban J connectivity index is 1.33. The van der Waals surface area contributed by atoms with Gasteiger partial charge in [0.2, 0.25) is 0 Å². The molecule has 0 radical (unpaired) electrons. The molecule has 35 heavy (non-hydrogen) atoms. The van der Waals surface area contributed by atoms with Crippen LogP contribution >= 0.6 is 0 Å². The van der Waals surface area contributed by atoms with E-state index >= 15 is 0 Å². The van der Waals surface area contributed by atoms with Gasteiger partial charge < -0.3 is 16.0 Å². The first-order valence-electron chi connectivity index (χ1n) is 12.4. The Bertz CT molecular complexity index is 1180. The van der Waals surface area contributed by atoms with Gasteiger partial charge >= 0.3 is 0 Å². The van der Waals surface area contributed by atoms with Gasteiger partial charge in [-0.2, -0.15) is 5.10 Å². The van der Waals surface area contributed by atoms with Gasteiger partial charge in [0.15, 0.2) is 0 Å². The normalized spacial score (nSPS) is 22.7. The van der Waals surface area contributed by atoms with Crippen LogP contribution < -0.4 is 16.0 Å². The lowest BCUT2D eigenvalue weighted by Crippen LogP contribution is -2.45. The molecule has 0 spiro atoms. The van der Waals surface area contributed by atoms with E-state index in [0.717, 1.165) is 36.8 Å². The number of benzene rings is 1. The Morgan fingerprint density at radius 1 is 1.11 bits per heavy atom. The fourth-order valence-corrected chi connectivity index (χ4v) is 4.97. The fraction of sp³-hybridized carbons (Fsp3) is 0.393. The van der Waals surface area contributed by atoms with Gasteiger partial charge in [0.25, 0.3) is 0 Å². The zero-order valence-electron chi connectivity index (χ0n) is 21.0. The SMILES string of the molecule is Cc1ccc([C@@H](C)CN[C@H](c2ccccc2)[C@H]2CNc3cc(C4(C)C=NN(C)C4)cnc3N2)cn1. The number of hydrazone groups is 1. The highest BCUT2D eigenvalue weighted by molar-refractivity contribution is 5.77. The Hall–Kier alpha value is -3.45. The third-order valence-electron chi connectivity index (χ3n) is 7.19. The summed E-state index contributed by atoms with van der Waals surface area (Å²) in [6, 6.07) is 17.4. The van der Waals surface area contributed by atoms with Crippen molar-refractivity contribution in [1.29, 1.82) is 0 Å². The molecule has 2 aliphatic heterocycles. The highest BCUT2D eigenvalue weighted by Crippen LogP contribution is 2.34. The van der Waals surface area contributed by atoms with Crippen LogP contribution in [-0.4, -0.2) is 53.9 Å². The molecule has 1 unspecified atom stereocenters. The zero-order valence-corrected chi connectivity index (χ0v) is 21.0. The summed E-state index contributed by atoms with van der Waals surface area (Å²) in [6.45, 7) is 9.00. The maximum atomic E-state index is 4.82. The lowest BCUT2D eigenvalue weighted by atomic mass is 9.85. The lowest BCUT2D eigenvalue weighted by Gasteiger charge is -2.35. The first kappa shape index (κ1) is 23.3. The predicted molar refractivity (Wildman–Crippen MR) is 143 cm³/mol. The molecule has 0 bridgehead atoms. The summed E-state index contributed by atoms with van der Waals surface area (Å²) in [6.07, 6.45) is 6.00. The Morgan fingerprint density at radius 2 is 1.94 bits per heavy atom. The second-order valence-corrected chi connectivity index (χ2v) is 10.2. The molecular formula is C28H35N7. The molecule has 4 heterocycles. The van der Waals surface area contributed by atoms with Gasteiger partial charge in [0.05, 0.1) is 29.7 Å². The summed E-state index contributed by atoms with van der Waals surface area (Å²) in [5, 5.41) is 17.6. The second kappa shape index (κ2) is 9.66. The molecule has 2 aromatic heterocycles. The van der Waals surface area contributed by atoms with Crippen molar-refractivity contribution in [3.8, 4) is 0 Å². The molecule has 0 amide bonds. The summed E-state index contributed by atoms with van der Waals surface area (Å²) >= 11 is 0. The van der Waals surface area contributed by atoms with Crippen LogP contribution in [0.5, 0.6) is 0 Å². The van der Waals surface area contributed by atoms with E-state index in [-0.39, 0.29) is 17.5 Å². The molecule has 5 rings (SSSR count). The molecule has 4 atom stereocenters. The summed E-state index contributed by atoms with van der Waals surface area (Å²) in [5.74, 6) is 1.25. The zero-order chi connectivity index (χ0) is 24.4. The number of nitrogens with zero attached hydrogens (tertiary/aromatic N) is 4. The van der Waals surface area contributed by atoms with Crippen molar-refractivity contribution in [2.75, 3.05) is 37.3 Å². The second-order valence-electron chi connectivity index (χ2n) is 10.2. The average molecular weight is 470 g/mol. The van der Waals surface area contributed by atoms with E-state index in [1.165, 1.54) is 16.7 Å². The van der Waals surface area contributed by atoms with Crippen molar-refractivity contribution < 1.29 is 0 Å². The van der Waals surface area contributed by atoms with Crippen LogP contribution in [0.2, 0.25) is 0 Å². The number of nitrogens with one attached hydrogen (secondary N) is 3. The predicted octanol–water partition coefficient (Wildman–Crippen LogP) is 4.31. The van der Waals surface area contributed by atoms with Crippen LogP contribution in [0.3, 0.4) is 0 Å². The van der Waals surface area contributed by atoms with E-state index < -0.39 is 0 Å². The van der Waals surface area contributed by atoms with Crippen molar-refractivity contribution in [3.63, 3.8) is 0 Å². The highest BCUT2D eigenvalue weighted by Gasteiger charge is 2.33. The molecule has 3 N–H and O–H groups in total. The number of anilines is 2. The summed E-state index contributed by atoms with van der Waals surface area (Å²) in [7, 11) is 2.00. The van der Waals surface area contributed by atoms with E-state index in [2.05, 4.69) is 88.4 Å². The van der Waals surface area contributed by atoms with Crippen LogP contribution in [0.1, 0.15) is 48.2 Å². The maximum Gasteiger partial charge on any atom is 0.149 e. The number of rotatable bonds is 7. The topological polar surface area (TPSA) is 77.5 Å². The van der Waals surface area contributed by atoms with Crippen molar-refractivity contribution in [2.45, 2.75) is 44.2 Å². The first-order valence-corrected chi connectivity index (χ1v) is 12.4. The first-order chi connectivity index (χ1) is 16.9. The van der Waals surface area contributed by atoms with Gasteiger partial charge in [-0.25, -0.2) is 4.98 Å². The van der Waals surface area contributed by atoms with Gasteiger partial charge in [-0.05, 0) is 48.6 Å². The van der Waals surface area contributed by atoms with Crippen LogP contribution in [0.4, 0.5) is 11.5 Å². The van der Waals surface area contributed by atoms with Gasteiger partial charge in [-0.3, -0.25) is 9.99 Å². The molecule has 0 saturated carbocycles. The number of hydrogen-bond donors (Lipinski definition) is 3. The average Bonchev–Trinajstić information content (AvgIpc) is 3.24. The van der Waals surface area contributed by atoms with E-state index in [9.17, 15) is 0 Å². The van der Waals surface area contributed by atoms with Crippen LogP contribution in [0, 0.1) is 6.92 Å². The third-order valence-corrected chi connectivity index (χ3v) is 7.19. The van der Waals surface area contributed by atoms with Crippen molar-refractivity contribution in [3.05, 3.63) is 83.3 Å². The van der Waals surface area contributed by atoms with Crippen LogP contribution in [-0.2, 0) is 5.41 Å². The minimum absolute atomic E-state index is 0.121. The Labute approximate surface area is 208 Å². The largest absolute Gasteiger partial charge is 0.380 e. The number of aromatic nitrogens is 2. The van der Waals surface area contributed by atoms with Crippen molar-refractivity contribution in [2.24, 2.45) is 5.10 Å². The maximum absolute atomic E-state index is 4.82. The molecule has 2 aliphatic rings. The van der Waals surface area contributed by atoms with Gasteiger partial charge in [0, 0.05) is 44.4 Å². The molecule has 1 aromatic carbocycles. The molecule has 0 saturated heterocycles. The summed E-state index contributed by atoms with van der Waals surface area (Å²) in [4.78, 5) is 9.30. The van der Waals surface area contributed by atoms with Gasteiger partial charge in [-0.1, -0.05) is 43.3 Å². The van der Waals surface area contributed by atoms with Gasteiger partial charge in [0.1, 0.15) is 5.82 Å². The molecular weight excluding hydrogens is 434 g/mol. The Kier molecular flexibility index (Phi) is 6.43. The molecule has 7 nitrogen and oxygen atoms in total. The van der Waals surface area contributed by atoms with E-state index in [0.29, 0.717) is 5.92 Å². The summed E-state index contributed by atoms with van der Waals surface area (Å²) in [5.41, 5.74) is 5.66. The standard InChI is InChI=1S/C28H35N7/c1-19(22-11-10-20(2)29-14-22)13-31-26(21-8-6-5-7-9-21)25-16-30-24-12-23(15-32-27(24)34-25)28(3)17-33-35(4)18-28/h5-12,14-15,17,19,25-26,30-31H,13,16,18H2,1-4H3,(H,32,34)/t19-,25+,26+,28?/m0/s1. The van der Waals surface area contributed by atoms with Crippen LogP contribution in [0.15, 0.2) is 66.0 Å². The van der Waals surface area contributed by atoms with Crippen LogP contribution in [0.25, 0.3) is 0 Å². The monoisotopic (exact) mass is 469 g/mol. The molecule has 3 aromatic rings. The van der Waals surface area contributed by atoms with Crippen molar-refractivity contribution >= 4 is 17.7 Å².